The SMILES string of the molecule is C#CCN(C)c1cc(CNC2CC2)cc(C(C)(C)C)n1. The summed E-state index contributed by atoms with van der Waals surface area (Å²) in [5.41, 5.74) is 2.45. The van der Waals surface area contributed by atoms with Gasteiger partial charge in [0.05, 0.1) is 6.54 Å². The van der Waals surface area contributed by atoms with E-state index in [2.05, 4.69) is 44.1 Å². The van der Waals surface area contributed by atoms with Crippen LogP contribution in [0.2, 0.25) is 0 Å². The first-order chi connectivity index (χ1) is 9.40. The Morgan fingerprint density at radius 3 is 2.65 bits per heavy atom. The molecular weight excluding hydrogens is 246 g/mol. The fourth-order valence-electron chi connectivity index (χ4n) is 2.02. The van der Waals surface area contributed by atoms with Crippen LogP contribution in [-0.2, 0) is 12.0 Å². The van der Waals surface area contributed by atoms with E-state index in [0.29, 0.717) is 12.6 Å². The molecule has 0 radical (unpaired) electrons. The van der Waals surface area contributed by atoms with E-state index in [-0.39, 0.29) is 5.41 Å². The minimum Gasteiger partial charge on any atom is -0.349 e. The molecule has 3 nitrogen and oxygen atoms in total. The Morgan fingerprint density at radius 1 is 1.40 bits per heavy atom. The van der Waals surface area contributed by atoms with Crippen LogP contribution in [0.15, 0.2) is 12.1 Å². The smallest absolute Gasteiger partial charge is 0.129 e. The Morgan fingerprint density at radius 2 is 2.10 bits per heavy atom. The van der Waals surface area contributed by atoms with E-state index in [9.17, 15) is 0 Å². The largest absolute Gasteiger partial charge is 0.349 e. The third kappa shape index (κ3) is 3.98. The first-order valence-electron chi connectivity index (χ1n) is 7.29. The molecule has 1 aromatic heterocycles. The lowest BCUT2D eigenvalue weighted by Gasteiger charge is -2.23. The monoisotopic (exact) mass is 271 g/mol. The molecule has 1 N–H and O–H groups in total. The van der Waals surface area contributed by atoms with E-state index in [0.717, 1.165) is 18.1 Å². The second kappa shape index (κ2) is 5.85. The van der Waals surface area contributed by atoms with E-state index >= 15 is 0 Å². The number of nitrogens with one attached hydrogen (secondary N) is 1. The molecule has 0 spiro atoms. The van der Waals surface area contributed by atoms with Gasteiger partial charge in [-0.1, -0.05) is 26.7 Å². The van der Waals surface area contributed by atoms with Crippen LogP contribution in [0, 0.1) is 12.3 Å². The van der Waals surface area contributed by atoms with Gasteiger partial charge in [-0.2, -0.15) is 0 Å². The highest BCUT2D eigenvalue weighted by Gasteiger charge is 2.21. The molecule has 1 aliphatic carbocycles. The number of rotatable bonds is 5. The predicted molar refractivity (Wildman–Crippen MR) is 84.9 cm³/mol. The van der Waals surface area contributed by atoms with Crippen LogP contribution in [-0.4, -0.2) is 24.6 Å². The molecule has 0 amide bonds. The van der Waals surface area contributed by atoms with Crippen molar-refractivity contribution < 1.29 is 0 Å². The highest BCUT2D eigenvalue weighted by atomic mass is 15.2. The van der Waals surface area contributed by atoms with Crippen molar-refractivity contribution in [1.29, 1.82) is 0 Å². The molecular formula is C17H25N3. The highest BCUT2D eigenvalue weighted by molar-refractivity contribution is 5.44. The van der Waals surface area contributed by atoms with Crippen LogP contribution in [0.5, 0.6) is 0 Å². The third-order valence-electron chi connectivity index (χ3n) is 3.53. The van der Waals surface area contributed by atoms with Gasteiger partial charge in [0.25, 0.3) is 0 Å². The van der Waals surface area contributed by atoms with E-state index in [4.69, 9.17) is 11.4 Å². The van der Waals surface area contributed by atoms with Crippen molar-refractivity contribution in [3.05, 3.63) is 23.4 Å². The summed E-state index contributed by atoms with van der Waals surface area (Å²) >= 11 is 0. The number of terminal acetylenes is 1. The number of hydrogen-bond acceptors (Lipinski definition) is 3. The van der Waals surface area contributed by atoms with Crippen LogP contribution in [0.25, 0.3) is 0 Å². The minimum absolute atomic E-state index is 0.0430. The van der Waals surface area contributed by atoms with E-state index < -0.39 is 0 Å². The van der Waals surface area contributed by atoms with Crippen molar-refractivity contribution in [2.75, 3.05) is 18.5 Å². The van der Waals surface area contributed by atoms with Crippen LogP contribution in [0.4, 0.5) is 5.82 Å². The van der Waals surface area contributed by atoms with Gasteiger partial charge in [0.15, 0.2) is 0 Å². The molecule has 0 bridgehead atoms. The fourth-order valence-corrected chi connectivity index (χ4v) is 2.02. The van der Waals surface area contributed by atoms with E-state index in [1.165, 1.54) is 18.4 Å². The summed E-state index contributed by atoms with van der Waals surface area (Å²) < 4.78 is 0. The van der Waals surface area contributed by atoms with Crippen molar-refractivity contribution >= 4 is 5.82 Å². The summed E-state index contributed by atoms with van der Waals surface area (Å²) in [6.07, 6.45) is 8.02. The Balaban J connectivity index is 2.25. The maximum atomic E-state index is 5.40. The zero-order valence-electron chi connectivity index (χ0n) is 13.0. The second-order valence-corrected chi connectivity index (χ2v) is 6.68. The molecule has 20 heavy (non-hydrogen) atoms. The molecule has 1 fully saturated rings. The van der Waals surface area contributed by atoms with Crippen LogP contribution < -0.4 is 10.2 Å². The molecule has 1 aromatic rings. The first-order valence-corrected chi connectivity index (χ1v) is 7.29. The standard InChI is InChI=1S/C17H25N3/c1-6-9-20(5)16-11-13(12-18-14-7-8-14)10-15(19-16)17(2,3)4/h1,10-11,14,18H,7-9,12H2,2-5H3. The average molecular weight is 271 g/mol. The Hall–Kier alpha value is -1.53. The van der Waals surface area contributed by atoms with Gasteiger partial charge in [-0.05, 0) is 30.5 Å². The molecule has 0 saturated heterocycles. The van der Waals surface area contributed by atoms with Gasteiger partial charge in [-0.3, -0.25) is 0 Å². The van der Waals surface area contributed by atoms with E-state index in [1.807, 2.05) is 11.9 Å². The summed E-state index contributed by atoms with van der Waals surface area (Å²) in [7, 11) is 1.99. The number of hydrogen-bond donors (Lipinski definition) is 1. The number of aromatic nitrogens is 1. The van der Waals surface area contributed by atoms with Crippen molar-refractivity contribution in [2.24, 2.45) is 0 Å². The lowest BCUT2D eigenvalue weighted by atomic mass is 9.90. The Bertz CT molecular complexity index is 504. The Labute approximate surface area is 122 Å². The first kappa shape index (κ1) is 14.9. The summed E-state index contributed by atoms with van der Waals surface area (Å²) in [5, 5.41) is 3.56. The molecule has 1 aliphatic rings. The van der Waals surface area contributed by atoms with Crippen molar-refractivity contribution in [2.45, 2.75) is 51.6 Å². The van der Waals surface area contributed by atoms with Gasteiger partial charge in [-0.15, -0.1) is 6.42 Å². The van der Waals surface area contributed by atoms with Gasteiger partial charge in [0, 0.05) is 30.7 Å². The van der Waals surface area contributed by atoms with Gasteiger partial charge in [0.1, 0.15) is 5.82 Å². The summed E-state index contributed by atoms with van der Waals surface area (Å²) in [4.78, 5) is 6.79. The molecule has 2 rings (SSSR count). The van der Waals surface area contributed by atoms with Crippen molar-refractivity contribution in [1.82, 2.24) is 10.3 Å². The summed E-state index contributed by atoms with van der Waals surface area (Å²) in [6.45, 7) is 8.07. The summed E-state index contributed by atoms with van der Waals surface area (Å²) in [6, 6.07) is 5.07. The molecule has 108 valence electrons. The number of pyridine rings is 1. The third-order valence-corrected chi connectivity index (χ3v) is 3.53. The minimum atomic E-state index is 0.0430. The molecule has 3 heteroatoms. The van der Waals surface area contributed by atoms with E-state index in [1.54, 1.807) is 0 Å². The topological polar surface area (TPSA) is 28.2 Å². The van der Waals surface area contributed by atoms with Gasteiger partial charge in [0.2, 0.25) is 0 Å². The number of anilines is 1. The molecule has 0 aliphatic heterocycles. The van der Waals surface area contributed by atoms with Crippen LogP contribution >= 0.6 is 0 Å². The maximum absolute atomic E-state index is 5.40. The lowest BCUT2D eigenvalue weighted by Crippen LogP contribution is -2.23. The molecule has 1 saturated carbocycles. The average Bonchev–Trinajstić information content (AvgIpc) is 3.19. The molecule has 0 aromatic carbocycles. The van der Waals surface area contributed by atoms with Gasteiger partial charge >= 0.3 is 0 Å². The number of nitrogens with zero attached hydrogens (tertiary/aromatic N) is 2. The summed E-state index contributed by atoms with van der Waals surface area (Å²) in [5.74, 6) is 3.64. The quantitative estimate of drug-likeness (QED) is 0.835. The normalized spacial score (nSPS) is 14.9. The van der Waals surface area contributed by atoms with Crippen LogP contribution in [0.3, 0.4) is 0 Å². The van der Waals surface area contributed by atoms with Gasteiger partial charge < -0.3 is 10.2 Å². The van der Waals surface area contributed by atoms with Crippen molar-refractivity contribution in [3.8, 4) is 12.3 Å². The zero-order chi connectivity index (χ0) is 14.8. The highest BCUT2D eigenvalue weighted by Crippen LogP contribution is 2.25. The van der Waals surface area contributed by atoms with Gasteiger partial charge in [-0.25, -0.2) is 4.98 Å². The zero-order valence-corrected chi connectivity index (χ0v) is 13.0. The fraction of sp³-hybridized carbons (Fsp3) is 0.588. The van der Waals surface area contributed by atoms with Crippen molar-refractivity contribution in [3.63, 3.8) is 0 Å². The molecule has 1 heterocycles. The second-order valence-electron chi connectivity index (χ2n) is 6.68. The maximum Gasteiger partial charge on any atom is 0.129 e. The predicted octanol–water partition coefficient (Wildman–Crippen LogP) is 2.70. The lowest BCUT2D eigenvalue weighted by molar-refractivity contribution is 0.566. The molecule has 0 unspecified atom stereocenters. The van der Waals surface area contributed by atoms with Crippen LogP contribution in [0.1, 0.15) is 44.9 Å². The molecule has 0 atom stereocenters. The Kier molecular flexibility index (Phi) is 4.35.